The standard InChI is InChI=1S/C22H18ClNO4/c23-20-10-6-17(7-11-20)14-27-21-3-1-2-19(12-21)18-8-4-16(5-9-18)13-24-28-15-22(25)26/h1-13H,14-15H2,(H,25,26). The third-order valence-corrected chi connectivity index (χ3v) is 4.11. The van der Waals surface area contributed by atoms with Gasteiger partial charge in [-0.05, 0) is 46.5 Å². The Bertz CT molecular complexity index is 953. The molecule has 0 unspecified atom stereocenters. The van der Waals surface area contributed by atoms with Crippen LogP contribution < -0.4 is 4.74 Å². The number of aliphatic carboxylic acids is 1. The molecule has 1 N–H and O–H groups in total. The maximum absolute atomic E-state index is 10.4. The number of ether oxygens (including phenoxy) is 1. The molecule has 0 aliphatic heterocycles. The summed E-state index contributed by atoms with van der Waals surface area (Å²) in [6.07, 6.45) is 1.47. The van der Waals surface area contributed by atoms with Gasteiger partial charge < -0.3 is 14.7 Å². The van der Waals surface area contributed by atoms with Gasteiger partial charge in [-0.1, -0.05) is 65.3 Å². The Morgan fingerprint density at radius 3 is 2.46 bits per heavy atom. The lowest BCUT2D eigenvalue weighted by Gasteiger charge is -2.09. The van der Waals surface area contributed by atoms with Gasteiger partial charge in [-0.15, -0.1) is 0 Å². The van der Waals surface area contributed by atoms with Crippen LogP contribution >= 0.6 is 11.6 Å². The van der Waals surface area contributed by atoms with E-state index >= 15 is 0 Å². The van der Waals surface area contributed by atoms with Gasteiger partial charge in [0, 0.05) is 5.02 Å². The Hall–Kier alpha value is -3.31. The van der Waals surface area contributed by atoms with Gasteiger partial charge in [0.15, 0.2) is 0 Å². The zero-order valence-corrected chi connectivity index (χ0v) is 15.7. The molecule has 0 bridgehead atoms. The number of carboxylic acid groups (broad SMARTS) is 1. The van der Waals surface area contributed by atoms with Crippen molar-refractivity contribution < 1.29 is 19.5 Å². The van der Waals surface area contributed by atoms with Crippen molar-refractivity contribution in [2.75, 3.05) is 6.61 Å². The summed E-state index contributed by atoms with van der Waals surface area (Å²) < 4.78 is 5.87. The molecule has 0 aliphatic carbocycles. The van der Waals surface area contributed by atoms with Crippen molar-refractivity contribution >= 4 is 23.8 Å². The van der Waals surface area contributed by atoms with Crippen molar-refractivity contribution in [1.82, 2.24) is 0 Å². The Balaban J connectivity index is 1.62. The normalized spacial score (nSPS) is 10.8. The lowest BCUT2D eigenvalue weighted by molar-refractivity contribution is -0.142. The minimum Gasteiger partial charge on any atom is -0.489 e. The van der Waals surface area contributed by atoms with Crippen LogP contribution in [-0.4, -0.2) is 23.9 Å². The molecule has 3 rings (SSSR count). The highest BCUT2D eigenvalue weighted by atomic mass is 35.5. The lowest BCUT2D eigenvalue weighted by atomic mass is 10.0. The quantitative estimate of drug-likeness (QED) is 0.429. The second kappa shape index (κ2) is 9.58. The van der Waals surface area contributed by atoms with Crippen LogP contribution in [0.3, 0.4) is 0 Å². The van der Waals surface area contributed by atoms with Crippen molar-refractivity contribution in [3.05, 3.63) is 88.9 Å². The third-order valence-electron chi connectivity index (χ3n) is 3.86. The van der Waals surface area contributed by atoms with E-state index in [0.29, 0.717) is 11.6 Å². The number of nitrogens with zero attached hydrogens (tertiary/aromatic N) is 1. The van der Waals surface area contributed by atoms with Crippen LogP contribution in [0.25, 0.3) is 11.1 Å². The Morgan fingerprint density at radius 1 is 1.00 bits per heavy atom. The van der Waals surface area contributed by atoms with E-state index in [1.54, 1.807) is 0 Å². The van der Waals surface area contributed by atoms with Crippen LogP contribution in [0.2, 0.25) is 5.02 Å². The second-order valence-electron chi connectivity index (χ2n) is 5.97. The van der Waals surface area contributed by atoms with E-state index < -0.39 is 12.6 Å². The molecule has 0 radical (unpaired) electrons. The van der Waals surface area contributed by atoms with Gasteiger partial charge in [-0.25, -0.2) is 4.79 Å². The largest absolute Gasteiger partial charge is 0.489 e. The average molecular weight is 396 g/mol. The van der Waals surface area contributed by atoms with Crippen LogP contribution in [0.15, 0.2) is 78.0 Å². The van der Waals surface area contributed by atoms with E-state index in [2.05, 4.69) is 9.99 Å². The van der Waals surface area contributed by atoms with E-state index in [9.17, 15) is 4.79 Å². The highest BCUT2D eigenvalue weighted by Gasteiger charge is 2.02. The molecular formula is C22H18ClNO4. The van der Waals surface area contributed by atoms with E-state index in [-0.39, 0.29) is 0 Å². The van der Waals surface area contributed by atoms with Gasteiger partial charge in [-0.3, -0.25) is 0 Å². The van der Waals surface area contributed by atoms with Crippen LogP contribution in [0.5, 0.6) is 5.75 Å². The molecule has 3 aromatic carbocycles. The zero-order chi connectivity index (χ0) is 19.8. The monoisotopic (exact) mass is 395 g/mol. The number of rotatable bonds is 8. The van der Waals surface area contributed by atoms with Crippen LogP contribution in [0.1, 0.15) is 11.1 Å². The Labute approximate surface area is 167 Å². The van der Waals surface area contributed by atoms with Gasteiger partial charge in [0.1, 0.15) is 12.4 Å². The van der Waals surface area contributed by atoms with Gasteiger partial charge >= 0.3 is 5.97 Å². The summed E-state index contributed by atoms with van der Waals surface area (Å²) >= 11 is 5.90. The molecule has 0 spiro atoms. The molecule has 0 heterocycles. The van der Waals surface area contributed by atoms with E-state index in [0.717, 1.165) is 28.0 Å². The first kappa shape index (κ1) is 19.5. The lowest BCUT2D eigenvalue weighted by Crippen LogP contribution is -2.03. The second-order valence-corrected chi connectivity index (χ2v) is 6.40. The van der Waals surface area contributed by atoms with Gasteiger partial charge in [0.05, 0.1) is 6.21 Å². The fraction of sp³-hybridized carbons (Fsp3) is 0.0909. The number of benzene rings is 3. The van der Waals surface area contributed by atoms with E-state index in [1.165, 1.54) is 6.21 Å². The van der Waals surface area contributed by atoms with E-state index in [1.807, 2.05) is 72.8 Å². The summed E-state index contributed by atoms with van der Waals surface area (Å²) in [7, 11) is 0. The van der Waals surface area contributed by atoms with Gasteiger partial charge in [0.2, 0.25) is 6.61 Å². The molecule has 6 heteroatoms. The maximum Gasteiger partial charge on any atom is 0.344 e. The molecular weight excluding hydrogens is 378 g/mol. The molecule has 0 aliphatic rings. The third kappa shape index (κ3) is 5.86. The molecule has 5 nitrogen and oxygen atoms in total. The zero-order valence-electron chi connectivity index (χ0n) is 14.9. The van der Waals surface area contributed by atoms with Gasteiger partial charge in [-0.2, -0.15) is 0 Å². The van der Waals surface area contributed by atoms with E-state index in [4.69, 9.17) is 21.4 Å². The number of carbonyl (C=O) groups is 1. The molecule has 0 saturated heterocycles. The summed E-state index contributed by atoms with van der Waals surface area (Å²) in [4.78, 5) is 15.0. The summed E-state index contributed by atoms with van der Waals surface area (Å²) in [6, 6.07) is 23.1. The molecule has 0 amide bonds. The molecule has 28 heavy (non-hydrogen) atoms. The number of hydrogen-bond acceptors (Lipinski definition) is 4. The highest BCUT2D eigenvalue weighted by molar-refractivity contribution is 6.30. The molecule has 3 aromatic rings. The number of oxime groups is 1. The fourth-order valence-corrected chi connectivity index (χ4v) is 2.59. The predicted octanol–water partition coefficient (Wildman–Crippen LogP) is 5.02. The minimum absolute atomic E-state index is 0.461. The maximum atomic E-state index is 10.4. The van der Waals surface area contributed by atoms with Crippen molar-refractivity contribution in [3.8, 4) is 16.9 Å². The summed E-state index contributed by atoms with van der Waals surface area (Å²) in [5, 5.41) is 12.8. The Kier molecular flexibility index (Phi) is 6.65. The molecule has 0 saturated carbocycles. The first-order valence-electron chi connectivity index (χ1n) is 8.55. The van der Waals surface area contributed by atoms with Crippen LogP contribution in [0, 0.1) is 0 Å². The first-order chi connectivity index (χ1) is 13.6. The highest BCUT2D eigenvalue weighted by Crippen LogP contribution is 2.25. The number of hydrogen-bond donors (Lipinski definition) is 1. The first-order valence-corrected chi connectivity index (χ1v) is 8.93. The van der Waals surface area contributed by atoms with Crippen molar-refractivity contribution in [2.24, 2.45) is 5.16 Å². The van der Waals surface area contributed by atoms with Crippen molar-refractivity contribution in [1.29, 1.82) is 0 Å². The predicted molar refractivity (Wildman–Crippen MR) is 109 cm³/mol. The van der Waals surface area contributed by atoms with Crippen molar-refractivity contribution in [2.45, 2.75) is 6.61 Å². The van der Waals surface area contributed by atoms with Crippen LogP contribution in [-0.2, 0) is 16.2 Å². The minimum atomic E-state index is -1.06. The summed E-state index contributed by atoms with van der Waals surface area (Å²) in [6.45, 7) is 0.00373. The van der Waals surface area contributed by atoms with Crippen LogP contribution in [0.4, 0.5) is 0 Å². The smallest absolute Gasteiger partial charge is 0.344 e. The SMILES string of the molecule is O=C(O)CON=Cc1ccc(-c2cccc(OCc3ccc(Cl)cc3)c2)cc1. The summed E-state index contributed by atoms with van der Waals surface area (Å²) in [5.74, 6) is -0.286. The van der Waals surface area contributed by atoms with Crippen molar-refractivity contribution in [3.63, 3.8) is 0 Å². The molecule has 0 atom stereocenters. The molecule has 142 valence electrons. The average Bonchev–Trinajstić information content (AvgIpc) is 2.71. The molecule has 0 aromatic heterocycles. The molecule has 0 fully saturated rings. The number of carboxylic acids is 1. The number of halogens is 1. The topological polar surface area (TPSA) is 68.1 Å². The fourth-order valence-electron chi connectivity index (χ4n) is 2.46. The Morgan fingerprint density at radius 2 is 1.75 bits per heavy atom. The summed E-state index contributed by atoms with van der Waals surface area (Å²) in [5.41, 5.74) is 3.91. The van der Waals surface area contributed by atoms with Gasteiger partial charge in [0.25, 0.3) is 0 Å².